The summed E-state index contributed by atoms with van der Waals surface area (Å²) in [5.41, 5.74) is 0. The molecule has 0 fully saturated rings. The Morgan fingerprint density at radius 3 is 2.80 bits per heavy atom. The molecule has 0 aliphatic heterocycles. The van der Waals surface area contributed by atoms with Crippen LogP contribution in [0, 0.1) is 0 Å². The predicted octanol–water partition coefficient (Wildman–Crippen LogP) is 0.590. The molecule has 0 aromatic carbocycles. The van der Waals surface area contributed by atoms with Crippen LogP contribution < -0.4 is 5.32 Å². The van der Waals surface area contributed by atoms with Crippen molar-refractivity contribution in [2.45, 2.75) is 38.4 Å². The number of nitrogens with zero attached hydrogens (tertiary/aromatic N) is 4. The summed E-state index contributed by atoms with van der Waals surface area (Å²) in [6, 6.07) is 0. The van der Waals surface area contributed by atoms with Gasteiger partial charge in [0.1, 0.15) is 9.84 Å². The minimum Gasteiger partial charge on any atom is -0.315 e. The molecule has 1 aromatic heterocycles. The van der Waals surface area contributed by atoms with Gasteiger partial charge in [-0.05, 0) is 29.8 Å². The lowest BCUT2D eigenvalue weighted by Crippen LogP contribution is -2.21. The molecule has 0 spiro atoms. The topological polar surface area (TPSA) is 89.8 Å². The number of tetrazole rings is 1. The van der Waals surface area contributed by atoms with Gasteiger partial charge in [0.15, 0.2) is 0 Å². The normalized spacial score (nSPS) is 11.9. The quantitative estimate of drug-likeness (QED) is 0.471. The standard InChI is InChI=1S/C11H23N5O2S2/c1-3-6-12-7-8-16-11(13-14-15-16)19-9-5-10-20(17,18)4-2/h12H,3-10H2,1-2H3. The van der Waals surface area contributed by atoms with Crippen molar-refractivity contribution in [1.29, 1.82) is 0 Å². The Labute approximate surface area is 124 Å². The second-order valence-electron chi connectivity index (χ2n) is 4.37. The largest absolute Gasteiger partial charge is 0.315 e. The van der Waals surface area contributed by atoms with Crippen molar-refractivity contribution in [2.75, 3.05) is 30.3 Å². The van der Waals surface area contributed by atoms with Crippen LogP contribution in [0.5, 0.6) is 0 Å². The molecule has 0 saturated carbocycles. The summed E-state index contributed by atoms with van der Waals surface area (Å²) in [7, 11) is -2.87. The van der Waals surface area contributed by atoms with Crippen molar-refractivity contribution in [3.63, 3.8) is 0 Å². The predicted molar refractivity (Wildman–Crippen MR) is 80.6 cm³/mol. The summed E-state index contributed by atoms with van der Waals surface area (Å²) >= 11 is 1.50. The van der Waals surface area contributed by atoms with E-state index in [4.69, 9.17) is 0 Å². The first-order chi connectivity index (χ1) is 9.59. The van der Waals surface area contributed by atoms with E-state index in [0.717, 1.165) is 31.2 Å². The molecule has 7 nitrogen and oxygen atoms in total. The van der Waals surface area contributed by atoms with Crippen molar-refractivity contribution in [3.8, 4) is 0 Å². The Kier molecular flexibility index (Phi) is 8.08. The van der Waals surface area contributed by atoms with Crippen molar-refractivity contribution in [1.82, 2.24) is 25.5 Å². The summed E-state index contributed by atoms with van der Waals surface area (Å²) in [4.78, 5) is 0. The van der Waals surface area contributed by atoms with E-state index in [9.17, 15) is 8.42 Å². The fraction of sp³-hybridized carbons (Fsp3) is 0.909. The summed E-state index contributed by atoms with van der Waals surface area (Å²) in [6.07, 6.45) is 1.73. The molecule has 0 radical (unpaired) electrons. The zero-order valence-corrected chi connectivity index (χ0v) is 13.7. The highest BCUT2D eigenvalue weighted by molar-refractivity contribution is 7.99. The van der Waals surface area contributed by atoms with Crippen LogP contribution in [-0.2, 0) is 16.4 Å². The van der Waals surface area contributed by atoms with Crippen molar-refractivity contribution in [2.24, 2.45) is 0 Å². The average molecular weight is 321 g/mol. The molecule has 0 bridgehead atoms. The number of sulfone groups is 1. The molecule has 0 aliphatic carbocycles. The van der Waals surface area contributed by atoms with Gasteiger partial charge in [-0.1, -0.05) is 25.6 Å². The van der Waals surface area contributed by atoms with E-state index in [1.807, 2.05) is 0 Å². The molecule has 20 heavy (non-hydrogen) atoms. The van der Waals surface area contributed by atoms with E-state index in [-0.39, 0.29) is 11.5 Å². The summed E-state index contributed by atoms with van der Waals surface area (Å²) in [5.74, 6) is 1.15. The van der Waals surface area contributed by atoms with Crippen LogP contribution in [-0.4, -0.2) is 59.0 Å². The lowest BCUT2D eigenvalue weighted by molar-refractivity contribution is 0.510. The molecular formula is C11H23N5O2S2. The maximum Gasteiger partial charge on any atom is 0.209 e. The Bertz CT molecular complexity index is 475. The highest BCUT2D eigenvalue weighted by Crippen LogP contribution is 2.14. The SMILES string of the molecule is CCCNCCn1nnnc1SCCCS(=O)(=O)CC. The van der Waals surface area contributed by atoms with Gasteiger partial charge in [-0.25, -0.2) is 13.1 Å². The van der Waals surface area contributed by atoms with E-state index < -0.39 is 9.84 Å². The fourth-order valence-electron chi connectivity index (χ4n) is 1.51. The third-order valence-corrected chi connectivity index (χ3v) is 5.53. The van der Waals surface area contributed by atoms with Gasteiger partial charge in [0.25, 0.3) is 0 Å². The van der Waals surface area contributed by atoms with Crippen molar-refractivity contribution >= 4 is 21.6 Å². The second-order valence-corrected chi connectivity index (χ2v) is 7.91. The molecule has 0 atom stereocenters. The first-order valence-corrected chi connectivity index (χ1v) is 9.70. The van der Waals surface area contributed by atoms with E-state index in [1.165, 1.54) is 11.8 Å². The van der Waals surface area contributed by atoms with E-state index in [1.54, 1.807) is 11.6 Å². The number of aromatic nitrogens is 4. The zero-order valence-electron chi connectivity index (χ0n) is 12.1. The first-order valence-electron chi connectivity index (χ1n) is 6.89. The van der Waals surface area contributed by atoms with Gasteiger partial charge in [-0.15, -0.1) is 5.10 Å². The highest BCUT2D eigenvalue weighted by atomic mass is 32.2. The second kappa shape index (κ2) is 9.30. The number of thioether (sulfide) groups is 1. The number of rotatable bonds is 11. The maximum absolute atomic E-state index is 11.4. The molecular weight excluding hydrogens is 298 g/mol. The minimum atomic E-state index is -2.87. The molecule has 1 heterocycles. The van der Waals surface area contributed by atoms with Gasteiger partial charge in [0.05, 0.1) is 12.3 Å². The minimum absolute atomic E-state index is 0.207. The van der Waals surface area contributed by atoms with Crippen LogP contribution in [0.2, 0.25) is 0 Å². The third-order valence-electron chi connectivity index (χ3n) is 2.70. The summed E-state index contributed by atoms with van der Waals surface area (Å²) in [6.45, 7) is 6.33. The van der Waals surface area contributed by atoms with E-state index in [2.05, 4.69) is 27.8 Å². The van der Waals surface area contributed by atoms with Gasteiger partial charge in [-0.2, -0.15) is 0 Å². The maximum atomic E-state index is 11.4. The monoisotopic (exact) mass is 321 g/mol. The molecule has 116 valence electrons. The van der Waals surface area contributed by atoms with Gasteiger partial charge in [-0.3, -0.25) is 0 Å². The smallest absolute Gasteiger partial charge is 0.209 e. The van der Waals surface area contributed by atoms with Crippen LogP contribution in [0.25, 0.3) is 0 Å². The lowest BCUT2D eigenvalue weighted by atomic mass is 10.5. The van der Waals surface area contributed by atoms with E-state index >= 15 is 0 Å². The highest BCUT2D eigenvalue weighted by Gasteiger charge is 2.09. The number of nitrogens with one attached hydrogen (secondary N) is 1. The van der Waals surface area contributed by atoms with E-state index in [0.29, 0.717) is 12.2 Å². The fourth-order valence-corrected chi connectivity index (χ4v) is 3.41. The van der Waals surface area contributed by atoms with Gasteiger partial charge >= 0.3 is 0 Å². The molecule has 0 aliphatic rings. The Morgan fingerprint density at radius 2 is 2.10 bits per heavy atom. The number of hydrogen-bond donors (Lipinski definition) is 1. The van der Waals surface area contributed by atoms with Crippen LogP contribution >= 0.6 is 11.8 Å². The molecule has 1 aromatic rings. The molecule has 1 N–H and O–H groups in total. The Hall–Kier alpha value is -0.670. The molecule has 0 unspecified atom stereocenters. The van der Waals surface area contributed by atoms with Gasteiger partial charge in [0, 0.05) is 18.1 Å². The molecule has 1 rings (SSSR count). The number of hydrogen-bond acceptors (Lipinski definition) is 7. The Balaban J connectivity index is 2.28. The van der Waals surface area contributed by atoms with Crippen molar-refractivity contribution < 1.29 is 8.42 Å². The van der Waals surface area contributed by atoms with Gasteiger partial charge < -0.3 is 5.32 Å². The van der Waals surface area contributed by atoms with Crippen LogP contribution in [0.1, 0.15) is 26.7 Å². The average Bonchev–Trinajstić information content (AvgIpc) is 2.87. The molecule has 9 heteroatoms. The van der Waals surface area contributed by atoms with Crippen LogP contribution in [0.4, 0.5) is 0 Å². The zero-order chi connectivity index (χ0) is 14.8. The summed E-state index contributed by atoms with van der Waals surface area (Å²) in [5, 5.41) is 15.6. The third kappa shape index (κ3) is 6.67. The van der Waals surface area contributed by atoms with Crippen molar-refractivity contribution in [3.05, 3.63) is 0 Å². The van der Waals surface area contributed by atoms with Gasteiger partial charge in [0.2, 0.25) is 5.16 Å². The molecule has 0 amide bonds. The lowest BCUT2D eigenvalue weighted by Gasteiger charge is -2.05. The summed E-state index contributed by atoms with van der Waals surface area (Å²) < 4.78 is 24.5. The molecule has 0 saturated heterocycles. The first kappa shape index (κ1) is 17.4. The Morgan fingerprint density at radius 1 is 1.30 bits per heavy atom. The van der Waals surface area contributed by atoms with Crippen LogP contribution in [0.15, 0.2) is 5.16 Å². The van der Waals surface area contributed by atoms with Crippen LogP contribution in [0.3, 0.4) is 0 Å².